The van der Waals surface area contributed by atoms with Crippen molar-refractivity contribution in [3.63, 3.8) is 0 Å². The zero-order valence-electron chi connectivity index (χ0n) is 15.6. The normalized spacial score (nSPS) is 13.4. The van der Waals surface area contributed by atoms with Gasteiger partial charge in [0.1, 0.15) is 5.56 Å². The summed E-state index contributed by atoms with van der Waals surface area (Å²) in [6.07, 6.45) is 2.30. The van der Waals surface area contributed by atoms with E-state index in [9.17, 15) is 14.0 Å². The van der Waals surface area contributed by atoms with Crippen LogP contribution in [0.15, 0.2) is 32.3 Å². The summed E-state index contributed by atoms with van der Waals surface area (Å²) in [5.41, 5.74) is 0.448. The lowest BCUT2D eigenvalue weighted by molar-refractivity contribution is 0.386. The maximum Gasteiger partial charge on any atom is 0.331 e. The van der Waals surface area contributed by atoms with Crippen LogP contribution in [0.1, 0.15) is 30.0 Å². The molecule has 0 saturated heterocycles. The predicted molar refractivity (Wildman–Crippen MR) is 98.0 cm³/mol. The number of aromatic nitrogens is 4. The molecule has 0 spiro atoms. The lowest BCUT2D eigenvalue weighted by Crippen LogP contribution is -2.44. The summed E-state index contributed by atoms with van der Waals surface area (Å²) in [5.74, 6) is 0.0445. The molecular weight excluding hydrogens is 367 g/mol. The third kappa shape index (κ3) is 3.02. The molecule has 0 unspecified atom stereocenters. The van der Waals surface area contributed by atoms with Crippen LogP contribution < -0.4 is 16.0 Å². The largest absolute Gasteiger partial charge is 0.494 e. The van der Waals surface area contributed by atoms with Crippen molar-refractivity contribution in [2.75, 3.05) is 7.11 Å². The molecule has 3 aromatic rings. The number of ether oxygens (including phenoxy) is 1. The fourth-order valence-electron chi connectivity index (χ4n) is 3.55. The van der Waals surface area contributed by atoms with Crippen LogP contribution in [0.3, 0.4) is 0 Å². The highest BCUT2D eigenvalue weighted by Crippen LogP contribution is 2.22. The minimum Gasteiger partial charge on any atom is -0.494 e. The number of benzene rings is 1. The standard InChI is InChI=1S/C19H19FN4O4/c1-11-21-17(22-28-11)16-14-5-3-4-8-23(14)19(26)24(18(16)25)10-12-6-7-15(27-2)13(20)9-12/h6-7,9H,3-5,8,10H2,1-2H3. The first-order valence-electron chi connectivity index (χ1n) is 8.99. The molecule has 1 aromatic carbocycles. The lowest BCUT2D eigenvalue weighted by Gasteiger charge is -2.22. The van der Waals surface area contributed by atoms with Crippen LogP contribution in [0.25, 0.3) is 11.4 Å². The van der Waals surface area contributed by atoms with E-state index >= 15 is 0 Å². The van der Waals surface area contributed by atoms with E-state index in [1.807, 2.05) is 0 Å². The van der Waals surface area contributed by atoms with E-state index in [-0.39, 0.29) is 23.7 Å². The van der Waals surface area contributed by atoms with E-state index in [4.69, 9.17) is 9.26 Å². The SMILES string of the molecule is COc1ccc(Cn2c(=O)c(-c3noc(C)n3)c3n(c2=O)CCCC3)cc1F. The van der Waals surface area contributed by atoms with E-state index in [1.165, 1.54) is 19.2 Å². The predicted octanol–water partition coefficient (Wildman–Crippen LogP) is 1.90. The molecule has 0 aliphatic carbocycles. The van der Waals surface area contributed by atoms with Gasteiger partial charge in [-0.3, -0.25) is 13.9 Å². The Hall–Kier alpha value is -3.23. The first kappa shape index (κ1) is 18.1. The van der Waals surface area contributed by atoms with Crippen LogP contribution in [-0.2, 0) is 19.5 Å². The smallest absolute Gasteiger partial charge is 0.331 e. The van der Waals surface area contributed by atoms with Crippen molar-refractivity contribution >= 4 is 0 Å². The molecule has 8 nitrogen and oxygen atoms in total. The Morgan fingerprint density at radius 3 is 2.79 bits per heavy atom. The summed E-state index contributed by atoms with van der Waals surface area (Å²) in [6.45, 7) is 2.08. The van der Waals surface area contributed by atoms with Gasteiger partial charge in [-0.15, -0.1) is 0 Å². The monoisotopic (exact) mass is 386 g/mol. The Morgan fingerprint density at radius 2 is 2.11 bits per heavy atom. The molecule has 0 fully saturated rings. The van der Waals surface area contributed by atoms with Crippen molar-refractivity contribution in [2.24, 2.45) is 0 Å². The van der Waals surface area contributed by atoms with E-state index < -0.39 is 17.1 Å². The quantitative estimate of drug-likeness (QED) is 0.680. The number of hydrogen-bond acceptors (Lipinski definition) is 6. The van der Waals surface area contributed by atoms with Gasteiger partial charge < -0.3 is 9.26 Å². The van der Waals surface area contributed by atoms with Crippen LogP contribution in [0.2, 0.25) is 0 Å². The molecule has 0 amide bonds. The van der Waals surface area contributed by atoms with Gasteiger partial charge in [-0.1, -0.05) is 11.2 Å². The summed E-state index contributed by atoms with van der Waals surface area (Å²) in [5, 5.41) is 3.88. The molecule has 0 atom stereocenters. The molecule has 28 heavy (non-hydrogen) atoms. The van der Waals surface area contributed by atoms with Gasteiger partial charge in [0.15, 0.2) is 11.6 Å². The zero-order valence-corrected chi connectivity index (χ0v) is 15.6. The van der Waals surface area contributed by atoms with Gasteiger partial charge in [0.05, 0.1) is 13.7 Å². The van der Waals surface area contributed by atoms with Crippen molar-refractivity contribution in [1.29, 1.82) is 0 Å². The van der Waals surface area contributed by atoms with Gasteiger partial charge in [0, 0.05) is 19.2 Å². The van der Waals surface area contributed by atoms with E-state index in [1.54, 1.807) is 17.6 Å². The summed E-state index contributed by atoms with van der Waals surface area (Å²) in [7, 11) is 1.37. The number of aryl methyl sites for hydroxylation is 1. The molecule has 1 aliphatic heterocycles. The minimum absolute atomic E-state index is 0.0668. The maximum atomic E-state index is 14.0. The summed E-state index contributed by atoms with van der Waals surface area (Å²) in [6, 6.07) is 4.35. The Morgan fingerprint density at radius 1 is 1.29 bits per heavy atom. The third-order valence-electron chi connectivity index (χ3n) is 4.89. The first-order chi connectivity index (χ1) is 13.5. The summed E-state index contributed by atoms with van der Waals surface area (Å²) >= 11 is 0. The average Bonchev–Trinajstić information content (AvgIpc) is 3.11. The fourth-order valence-corrected chi connectivity index (χ4v) is 3.55. The Kier molecular flexibility index (Phi) is 4.58. The molecule has 2 aromatic heterocycles. The second-order valence-corrected chi connectivity index (χ2v) is 6.71. The summed E-state index contributed by atoms with van der Waals surface area (Å²) in [4.78, 5) is 30.4. The molecule has 0 bridgehead atoms. The van der Waals surface area contributed by atoms with Crippen molar-refractivity contribution in [1.82, 2.24) is 19.3 Å². The molecule has 0 radical (unpaired) electrons. The fraction of sp³-hybridized carbons (Fsp3) is 0.368. The molecule has 0 N–H and O–H groups in total. The van der Waals surface area contributed by atoms with Crippen LogP contribution >= 0.6 is 0 Å². The molecule has 9 heteroatoms. The Bertz CT molecular complexity index is 1160. The van der Waals surface area contributed by atoms with E-state index in [0.717, 1.165) is 17.4 Å². The molecule has 146 valence electrons. The van der Waals surface area contributed by atoms with E-state index in [0.29, 0.717) is 30.1 Å². The molecular formula is C19H19FN4O4. The maximum absolute atomic E-state index is 14.0. The van der Waals surface area contributed by atoms with E-state index in [2.05, 4.69) is 10.1 Å². The van der Waals surface area contributed by atoms with Gasteiger partial charge in [0.2, 0.25) is 11.7 Å². The average molecular weight is 386 g/mol. The van der Waals surface area contributed by atoms with Crippen LogP contribution in [0.4, 0.5) is 4.39 Å². The topological polar surface area (TPSA) is 92.2 Å². The first-order valence-corrected chi connectivity index (χ1v) is 8.99. The number of methoxy groups -OCH3 is 1. The highest BCUT2D eigenvalue weighted by molar-refractivity contribution is 5.56. The number of fused-ring (bicyclic) bond motifs is 1. The van der Waals surface area contributed by atoms with Crippen molar-refractivity contribution in [2.45, 2.75) is 39.3 Å². The zero-order chi connectivity index (χ0) is 19.8. The molecule has 3 heterocycles. The van der Waals surface area contributed by atoms with Crippen LogP contribution in [0, 0.1) is 12.7 Å². The summed E-state index contributed by atoms with van der Waals surface area (Å²) < 4.78 is 26.7. The van der Waals surface area contributed by atoms with Crippen molar-refractivity contribution in [3.8, 4) is 17.1 Å². The van der Waals surface area contributed by atoms with Gasteiger partial charge >= 0.3 is 5.69 Å². The number of hydrogen-bond donors (Lipinski definition) is 0. The number of halogens is 1. The lowest BCUT2D eigenvalue weighted by atomic mass is 10.0. The van der Waals surface area contributed by atoms with Crippen molar-refractivity contribution < 1.29 is 13.7 Å². The second-order valence-electron chi connectivity index (χ2n) is 6.71. The second kappa shape index (κ2) is 7.06. The van der Waals surface area contributed by atoms with Gasteiger partial charge in [-0.25, -0.2) is 9.18 Å². The Balaban J connectivity index is 1.89. The van der Waals surface area contributed by atoms with Gasteiger partial charge in [-0.05, 0) is 37.0 Å². The molecule has 1 aliphatic rings. The highest BCUT2D eigenvalue weighted by Gasteiger charge is 2.25. The van der Waals surface area contributed by atoms with Crippen LogP contribution in [0.5, 0.6) is 5.75 Å². The minimum atomic E-state index is -0.555. The number of nitrogens with zero attached hydrogens (tertiary/aromatic N) is 4. The molecule has 0 saturated carbocycles. The number of rotatable bonds is 4. The van der Waals surface area contributed by atoms with Gasteiger partial charge in [-0.2, -0.15) is 4.98 Å². The highest BCUT2D eigenvalue weighted by atomic mass is 19.1. The third-order valence-corrected chi connectivity index (χ3v) is 4.89. The Labute approximate surface area is 159 Å². The van der Waals surface area contributed by atoms with Crippen molar-refractivity contribution in [3.05, 3.63) is 62.0 Å². The molecule has 4 rings (SSSR count). The van der Waals surface area contributed by atoms with Gasteiger partial charge in [0.25, 0.3) is 5.56 Å². The van der Waals surface area contributed by atoms with Crippen LogP contribution in [-0.4, -0.2) is 26.4 Å².